The first-order chi connectivity index (χ1) is 13.1. The summed E-state index contributed by atoms with van der Waals surface area (Å²) in [7, 11) is 0. The number of rotatable bonds is 5. The quantitative estimate of drug-likeness (QED) is 0.558. The van der Waals surface area contributed by atoms with E-state index in [9.17, 15) is 9.59 Å². The predicted octanol–water partition coefficient (Wildman–Crippen LogP) is 3.64. The fraction of sp³-hybridized carbons (Fsp3) is 0.105. The van der Waals surface area contributed by atoms with Crippen molar-refractivity contribution in [2.24, 2.45) is 0 Å². The molecule has 27 heavy (non-hydrogen) atoms. The van der Waals surface area contributed by atoms with E-state index in [2.05, 4.69) is 10.4 Å². The first kappa shape index (κ1) is 17.4. The zero-order valence-electron chi connectivity index (χ0n) is 14.3. The van der Waals surface area contributed by atoms with Crippen LogP contribution in [-0.4, -0.2) is 22.2 Å². The minimum Gasteiger partial charge on any atom is -0.484 e. The van der Waals surface area contributed by atoms with Gasteiger partial charge in [0.15, 0.2) is 6.61 Å². The van der Waals surface area contributed by atoms with Crippen molar-refractivity contribution in [2.75, 3.05) is 12.0 Å². The Morgan fingerprint density at radius 3 is 2.78 bits per heavy atom. The Bertz CT molecular complexity index is 1150. The number of benzene rings is 1. The van der Waals surface area contributed by atoms with E-state index in [1.165, 1.54) is 17.7 Å². The summed E-state index contributed by atoms with van der Waals surface area (Å²) in [5.41, 5.74) is 4.16. The van der Waals surface area contributed by atoms with E-state index in [0.29, 0.717) is 16.0 Å². The molecule has 0 bridgehead atoms. The van der Waals surface area contributed by atoms with Gasteiger partial charge >= 0.3 is 0 Å². The minimum absolute atomic E-state index is 0.199. The average molecular weight is 397 g/mol. The lowest BCUT2D eigenvalue weighted by Crippen LogP contribution is -2.35. The summed E-state index contributed by atoms with van der Waals surface area (Å²) in [4.78, 5) is 30.9. The van der Waals surface area contributed by atoms with Gasteiger partial charge in [-0.25, -0.2) is 9.66 Å². The van der Waals surface area contributed by atoms with Crippen LogP contribution in [0, 0.1) is 6.92 Å². The normalized spacial score (nSPS) is 10.9. The van der Waals surface area contributed by atoms with Gasteiger partial charge in [0, 0.05) is 15.8 Å². The van der Waals surface area contributed by atoms with E-state index in [0.717, 1.165) is 20.7 Å². The van der Waals surface area contributed by atoms with Crippen LogP contribution in [0.1, 0.15) is 5.56 Å². The Kier molecular flexibility index (Phi) is 4.74. The van der Waals surface area contributed by atoms with Crippen LogP contribution in [0.5, 0.6) is 5.75 Å². The number of carbonyl (C=O) groups excluding carboxylic acids is 1. The molecule has 3 heterocycles. The van der Waals surface area contributed by atoms with E-state index >= 15 is 0 Å². The van der Waals surface area contributed by atoms with Gasteiger partial charge in [-0.1, -0.05) is 23.8 Å². The molecule has 1 N–H and O–H groups in total. The number of nitrogens with one attached hydrogen (secondary N) is 1. The fourth-order valence-electron chi connectivity index (χ4n) is 2.58. The molecule has 6 nitrogen and oxygen atoms in total. The summed E-state index contributed by atoms with van der Waals surface area (Å²) in [5, 5.41) is 4.37. The largest absolute Gasteiger partial charge is 0.484 e. The molecule has 4 aromatic rings. The van der Waals surface area contributed by atoms with Gasteiger partial charge in [-0.05, 0) is 30.5 Å². The maximum Gasteiger partial charge on any atom is 0.281 e. The van der Waals surface area contributed by atoms with Crippen LogP contribution >= 0.6 is 22.7 Å². The molecule has 1 amide bonds. The van der Waals surface area contributed by atoms with Crippen LogP contribution in [0.25, 0.3) is 20.7 Å². The summed E-state index contributed by atoms with van der Waals surface area (Å²) >= 11 is 2.96. The van der Waals surface area contributed by atoms with Crippen molar-refractivity contribution in [3.05, 3.63) is 69.4 Å². The molecule has 8 heteroatoms. The molecule has 0 aliphatic heterocycles. The first-order valence-corrected chi connectivity index (χ1v) is 9.90. The number of thiophene rings is 2. The number of nitrogens with zero attached hydrogens (tertiary/aromatic N) is 2. The second kappa shape index (κ2) is 7.34. The summed E-state index contributed by atoms with van der Waals surface area (Å²) in [6, 6.07) is 11.3. The maximum atomic E-state index is 12.8. The fourth-order valence-corrected chi connectivity index (χ4v) is 4.30. The highest BCUT2D eigenvalue weighted by Crippen LogP contribution is 2.33. The molecular weight excluding hydrogens is 382 g/mol. The van der Waals surface area contributed by atoms with Crippen molar-refractivity contribution in [3.63, 3.8) is 0 Å². The second-order valence-electron chi connectivity index (χ2n) is 5.86. The zero-order valence-corrected chi connectivity index (χ0v) is 16.0. The Morgan fingerprint density at radius 2 is 2.04 bits per heavy atom. The number of hydrogen-bond donors (Lipinski definition) is 1. The standard InChI is InChI=1S/C19H15N3O3S2/c1-12-4-6-13(7-5-12)25-9-16(23)21-22-11-20-18-17(19(22)24)14(10-27-18)15-3-2-8-26-15/h2-8,10-11H,9H2,1H3,(H,21,23). The Labute approximate surface area is 162 Å². The Hall–Kier alpha value is -2.97. The zero-order chi connectivity index (χ0) is 18.8. The van der Waals surface area contributed by atoms with E-state index in [1.54, 1.807) is 23.5 Å². The SMILES string of the molecule is Cc1ccc(OCC(=O)Nn2cnc3scc(-c4cccs4)c3c2=O)cc1. The highest BCUT2D eigenvalue weighted by atomic mass is 32.1. The van der Waals surface area contributed by atoms with Crippen molar-refractivity contribution in [1.29, 1.82) is 0 Å². The number of ether oxygens (including phenoxy) is 1. The van der Waals surface area contributed by atoms with Crippen LogP contribution in [0.2, 0.25) is 0 Å². The van der Waals surface area contributed by atoms with Crippen molar-refractivity contribution in [2.45, 2.75) is 6.92 Å². The summed E-state index contributed by atoms with van der Waals surface area (Å²) in [5.74, 6) is 0.154. The Morgan fingerprint density at radius 1 is 1.22 bits per heavy atom. The molecule has 0 aliphatic carbocycles. The number of fused-ring (bicyclic) bond motifs is 1. The topological polar surface area (TPSA) is 73.2 Å². The molecule has 136 valence electrons. The smallest absolute Gasteiger partial charge is 0.281 e. The first-order valence-electron chi connectivity index (χ1n) is 8.14. The molecule has 0 unspecified atom stereocenters. The summed E-state index contributed by atoms with van der Waals surface area (Å²) < 4.78 is 6.55. The van der Waals surface area contributed by atoms with Gasteiger partial charge in [0.25, 0.3) is 11.5 Å². The molecule has 1 aromatic carbocycles. The van der Waals surface area contributed by atoms with Gasteiger partial charge in [-0.15, -0.1) is 22.7 Å². The molecule has 0 atom stereocenters. The maximum absolute atomic E-state index is 12.8. The molecule has 0 radical (unpaired) electrons. The molecule has 0 saturated carbocycles. The van der Waals surface area contributed by atoms with Crippen LogP contribution in [-0.2, 0) is 4.79 Å². The van der Waals surface area contributed by atoms with Gasteiger partial charge in [0.1, 0.15) is 16.9 Å². The van der Waals surface area contributed by atoms with Gasteiger partial charge in [0.05, 0.1) is 5.39 Å². The lowest BCUT2D eigenvalue weighted by atomic mass is 10.2. The van der Waals surface area contributed by atoms with E-state index in [4.69, 9.17) is 4.74 Å². The molecule has 3 aromatic heterocycles. The van der Waals surface area contributed by atoms with Crippen LogP contribution in [0.3, 0.4) is 0 Å². The van der Waals surface area contributed by atoms with Crippen molar-refractivity contribution in [1.82, 2.24) is 9.66 Å². The van der Waals surface area contributed by atoms with Crippen LogP contribution in [0.15, 0.2) is 58.3 Å². The van der Waals surface area contributed by atoms with E-state index in [-0.39, 0.29) is 12.2 Å². The molecule has 4 rings (SSSR count). The minimum atomic E-state index is -0.438. The highest BCUT2D eigenvalue weighted by molar-refractivity contribution is 7.18. The number of carbonyl (C=O) groups is 1. The molecule has 0 spiro atoms. The lowest BCUT2D eigenvalue weighted by molar-refractivity contribution is -0.119. The molecule has 0 saturated heterocycles. The van der Waals surface area contributed by atoms with Gasteiger partial charge in [-0.3, -0.25) is 15.0 Å². The number of hydrogen-bond acceptors (Lipinski definition) is 6. The lowest BCUT2D eigenvalue weighted by Gasteiger charge is -2.09. The molecule has 0 aliphatic rings. The summed E-state index contributed by atoms with van der Waals surface area (Å²) in [6.07, 6.45) is 1.32. The third-order valence-electron chi connectivity index (χ3n) is 3.92. The van der Waals surface area contributed by atoms with Crippen molar-refractivity contribution in [3.8, 4) is 16.2 Å². The third kappa shape index (κ3) is 3.62. The van der Waals surface area contributed by atoms with Crippen LogP contribution in [0.4, 0.5) is 0 Å². The number of amides is 1. The Balaban J connectivity index is 1.54. The van der Waals surface area contributed by atoms with E-state index < -0.39 is 5.91 Å². The highest BCUT2D eigenvalue weighted by Gasteiger charge is 2.15. The second-order valence-corrected chi connectivity index (χ2v) is 7.67. The van der Waals surface area contributed by atoms with Gasteiger partial charge in [-0.2, -0.15) is 0 Å². The predicted molar refractivity (Wildman–Crippen MR) is 108 cm³/mol. The van der Waals surface area contributed by atoms with E-state index in [1.807, 2.05) is 41.9 Å². The van der Waals surface area contributed by atoms with Gasteiger partial charge < -0.3 is 4.74 Å². The van der Waals surface area contributed by atoms with Crippen LogP contribution < -0.4 is 15.7 Å². The number of aromatic nitrogens is 2. The number of aryl methyl sites for hydroxylation is 1. The van der Waals surface area contributed by atoms with Crippen molar-refractivity contribution < 1.29 is 9.53 Å². The van der Waals surface area contributed by atoms with Gasteiger partial charge in [0.2, 0.25) is 0 Å². The molecule has 0 fully saturated rings. The average Bonchev–Trinajstić information content (AvgIpc) is 3.33. The van der Waals surface area contributed by atoms with Crippen molar-refractivity contribution >= 4 is 38.8 Å². The monoisotopic (exact) mass is 397 g/mol. The molecular formula is C19H15N3O3S2. The summed E-state index contributed by atoms with van der Waals surface area (Å²) in [6.45, 7) is 1.77. The third-order valence-corrected chi connectivity index (χ3v) is 5.71.